The number of aromatic hydroxyl groups is 1. The third-order valence-corrected chi connectivity index (χ3v) is 2.17. The molecule has 2 N–H and O–H groups in total. The molecule has 8 heteroatoms. The Labute approximate surface area is 104 Å². The number of nitrogens with one attached hydrogen (secondary N) is 1. The average Bonchev–Trinajstić information content (AvgIpc) is 2.36. The van der Waals surface area contributed by atoms with Crippen molar-refractivity contribution in [2.45, 2.75) is 0 Å². The summed E-state index contributed by atoms with van der Waals surface area (Å²) in [6, 6.07) is 5.45. The van der Waals surface area contributed by atoms with Crippen LogP contribution in [0.2, 0.25) is 0 Å². The summed E-state index contributed by atoms with van der Waals surface area (Å²) in [5, 5.41) is 9.41. The molecule has 0 unspecified atom stereocenters. The van der Waals surface area contributed by atoms with Crippen molar-refractivity contribution in [1.29, 1.82) is 0 Å². The van der Waals surface area contributed by atoms with Crippen LogP contribution in [0.25, 0.3) is 0 Å². The molecule has 0 radical (unpaired) electrons. The maximum Gasteiger partial charge on any atom is 0.367 e. The highest BCUT2D eigenvalue weighted by molar-refractivity contribution is 5.92. The number of aromatic nitrogens is 2. The predicted octanol–water partition coefficient (Wildman–Crippen LogP) is -0.350. The van der Waals surface area contributed by atoms with E-state index in [0.717, 1.165) is 0 Å². The van der Waals surface area contributed by atoms with Gasteiger partial charge in [0.25, 0.3) is 5.56 Å². The first kappa shape index (κ1) is 12.6. The van der Waals surface area contributed by atoms with E-state index < -0.39 is 23.0 Å². The first-order valence-corrected chi connectivity index (χ1v) is 5.01. The van der Waals surface area contributed by atoms with E-state index in [9.17, 15) is 23.9 Å². The Morgan fingerprint density at radius 3 is 2.68 bits per heavy atom. The number of para-hydroxylation sites is 1. The summed E-state index contributed by atoms with van der Waals surface area (Å²) < 4.78 is 13.2. The number of phenols is 1. The normalized spacial score (nSPS) is 10.2. The van der Waals surface area contributed by atoms with E-state index in [-0.39, 0.29) is 16.0 Å². The van der Waals surface area contributed by atoms with Crippen LogP contribution in [0.3, 0.4) is 0 Å². The fraction of sp³-hybridized carbons (Fsp3) is 0. The summed E-state index contributed by atoms with van der Waals surface area (Å²) in [5.74, 6) is -2.72. The van der Waals surface area contributed by atoms with Crippen molar-refractivity contribution in [3.8, 4) is 5.75 Å². The van der Waals surface area contributed by atoms with Gasteiger partial charge in [0.2, 0.25) is 5.82 Å². The minimum absolute atomic E-state index is 0.207. The molecule has 2 aromatic rings. The van der Waals surface area contributed by atoms with E-state index in [1.54, 1.807) is 4.98 Å². The fourth-order valence-corrected chi connectivity index (χ4v) is 1.28. The molecule has 1 aromatic carbocycles. The molecule has 0 aliphatic heterocycles. The van der Waals surface area contributed by atoms with Gasteiger partial charge < -0.3 is 9.94 Å². The van der Waals surface area contributed by atoms with Crippen LogP contribution >= 0.6 is 0 Å². The van der Waals surface area contributed by atoms with Crippen molar-refractivity contribution in [3.05, 3.63) is 62.7 Å². The SMILES string of the molecule is O=C(On1cc(F)c(=O)[nH]c1=O)c1ccccc1O. The second kappa shape index (κ2) is 4.77. The van der Waals surface area contributed by atoms with Crippen molar-refractivity contribution >= 4 is 5.97 Å². The second-order valence-electron chi connectivity index (χ2n) is 3.46. The Balaban J connectivity index is 2.35. The van der Waals surface area contributed by atoms with Crippen LogP contribution in [0.4, 0.5) is 4.39 Å². The third kappa shape index (κ3) is 2.51. The van der Waals surface area contributed by atoms with Crippen LogP contribution in [-0.2, 0) is 0 Å². The zero-order valence-corrected chi connectivity index (χ0v) is 9.29. The molecule has 1 heterocycles. The Morgan fingerprint density at radius 1 is 1.32 bits per heavy atom. The van der Waals surface area contributed by atoms with Crippen LogP contribution in [0.1, 0.15) is 10.4 Å². The number of nitrogens with zero attached hydrogens (tertiary/aromatic N) is 1. The number of carbonyl (C=O) groups excluding carboxylic acids is 1. The molecule has 7 nitrogen and oxygen atoms in total. The highest BCUT2D eigenvalue weighted by Crippen LogP contribution is 2.15. The molecule has 0 atom stereocenters. The first-order valence-electron chi connectivity index (χ1n) is 5.01. The molecule has 0 amide bonds. The quantitative estimate of drug-likeness (QED) is 0.773. The molecule has 19 heavy (non-hydrogen) atoms. The number of hydrogen-bond donors (Lipinski definition) is 2. The highest BCUT2D eigenvalue weighted by Gasteiger charge is 2.15. The Kier molecular flexibility index (Phi) is 3.15. The lowest BCUT2D eigenvalue weighted by Crippen LogP contribution is -2.37. The average molecular weight is 266 g/mol. The molecule has 0 aliphatic rings. The smallest absolute Gasteiger partial charge is 0.367 e. The topological polar surface area (TPSA) is 101 Å². The second-order valence-corrected chi connectivity index (χ2v) is 3.46. The summed E-state index contributed by atoms with van der Waals surface area (Å²) in [5.41, 5.74) is -2.55. The van der Waals surface area contributed by atoms with Gasteiger partial charge in [-0.1, -0.05) is 12.1 Å². The van der Waals surface area contributed by atoms with Crippen molar-refractivity contribution in [2.75, 3.05) is 0 Å². The van der Waals surface area contributed by atoms with Gasteiger partial charge in [0.05, 0.1) is 6.20 Å². The van der Waals surface area contributed by atoms with Crippen LogP contribution in [-0.4, -0.2) is 20.8 Å². The number of hydrogen-bond acceptors (Lipinski definition) is 5. The minimum Gasteiger partial charge on any atom is -0.507 e. The van der Waals surface area contributed by atoms with Gasteiger partial charge in [-0.25, -0.2) is 9.59 Å². The molecule has 0 fully saturated rings. The van der Waals surface area contributed by atoms with Crippen molar-refractivity contribution in [2.24, 2.45) is 0 Å². The fourth-order valence-electron chi connectivity index (χ4n) is 1.28. The minimum atomic E-state index is -1.29. The molecule has 0 aliphatic carbocycles. The number of benzene rings is 1. The third-order valence-electron chi connectivity index (χ3n) is 2.17. The largest absolute Gasteiger partial charge is 0.507 e. The van der Waals surface area contributed by atoms with Crippen LogP contribution < -0.4 is 16.1 Å². The molecule has 1 aromatic heterocycles. The first-order chi connectivity index (χ1) is 8.99. The monoisotopic (exact) mass is 266 g/mol. The number of phenolic OH excluding ortho intramolecular Hbond substituents is 1. The summed E-state index contributed by atoms with van der Waals surface area (Å²) in [6.07, 6.45) is 0.430. The van der Waals surface area contributed by atoms with Crippen molar-refractivity contribution in [1.82, 2.24) is 9.71 Å². The Bertz CT molecular complexity index is 749. The molecule has 0 saturated carbocycles. The number of H-pyrrole nitrogens is 1. The van der Waals surface area contributed by atoms with E-state index in [0.29, 0.717) is 6.20 Å². The van der Waals surface area contributed by atoms with Gasteiger partial charge in [0, 0.05) is 0 Å². The summed E-state index contributed by atoms with van der Waals surface area (Å²) in [7, 11) is 0. The number of aromatic amines is 1. The summed E-state index contributed by atoms with van der Waals surface area (Å²) in [6.45, 7) is 0. The van der Waals surface area contributed by atoms with E-state index in [2.05, 4.69) is 4.84 Å². The van der Waals surface area contributed by atoms with Gasteiger partial charge in [0.1, 0.15) is 11.3 Å². The van der Waals surface area contributed by atoms with Crippen LogP contribution in [0, 0.1) is 5.82 Å². The van der Waals surface area contributed by atoms with E-state index in [1.165, 1.54) is 24.3 Å². The van der Waals surface area contributed by atoms with Gasteiger partial charge in [-0.05, 0) is 12.1 Å². The molecule has 2 rings (SSSR count). The lowest BCUT2D eigenvalue weighted by molar-refractivity contribution is 0.0426. The highest BCUT2D eigenvalue weighted by atomic mass is 19.1. The molecule has 98 valence electrons. The molecule has 0 bridgehead atoms. The lowest BCUT2D eigenvalue weighted by atomic mass is 10.2. The van der Waals surface area contributed by atoms with Crippen LogP contribution in [0.15, 0.2) is 40.1 Å². The number of rotatable bonds is 2. The van der Waals surface area contributed by atoms with Gasteiger partial charge in [-0.3, -0.25) is 9.78 Å². The van der Waals surface area contributed by atoms with E-state index in [1.807, 2.05) is 0 Å². The molecular formula is C11H7FN2O5. The number of carbonyl (C=O) groups is 1. The molecular weight excluding hydrogens is 259 g/mol. The summed E-state index contributed by atoms with van der Waals surface area (Å²) >= 11 is 0. The summed E-state index contributed by atoms with van der Waals surface area (Å²) in [4.78, 5) is 39.8. The van der Waals surface area contributed by atoms with Crippen molar-refractivity contribution in [3.63, 3.8) is 0 Å². The zero-order chi connectivity index (χ0) is 14.0. The van der Waals surface area contributed by atoms with Crippen LogP contribution in [0.5, 0.6) is 5.75 Å². The van der Waals surface area contributed by atoms with Gasteiger partial charge >= 0.3 is 11.7 Å². The Morgan fingerprint density at radius 2 is 2.00 bits per heavy atom. The predicted molar refractivity (Wildman–Crippen MR) is 60.3 cm³/mol. The maximum absolute atomic E-state index is 12.9. The van der Waals surface area contributed by atoms with Crippen molar-refractivity contribution < 1.29 is 19.1 Å². The maximum atomic E-state index is 12.9. The Hall–Kier alpha value is -2.90. The zero-order valence-electron chi connectivity index (χ0n) is 9.29. The van der Waals surface area contributed by atoms with Gasteiger partial charge in [-0.2, -0.15) is 4.39 Å². The van der Waals surface area contributed by atoms with E-state index in [4.69, 9.17) is 0 Å². The lowest BCUT2D eigenvalue weighted by Gasteiger charge is -2.06. The van der Waals surface area contributed by atoms with E-state index >= 15 is 0 Å². The molecule has 0 saturated heterocycles. The van der Waals surface area contributed by atoms with Gasteiger partial charge in [0.15, 0.2) is 0 Å². The standard InChI is InChI=1S/C11H7FN2O5/c12-7-5-14(11(18)13-9(7)16)19-10(17)6-3-1-2-4-8(6)15/h1-5,15H,(H,13,16,18). The number of halogens is 1. The van der Waals surface area contributed by atoms with Gasteiger partial charge in [-0.15, -0.1) is 4.73 Å². The molecule has 0 spiro atoms.